The largest absolute Gasteiger partial charge is 0.450 e. The molecular weight excluding hydrogens is 526 g/mol. The number of rotatable bonds is 6. The minimum atomic E-state index is -0.421. The summed E-state index contributed by atoms with van der Waals surface area (Å²) in [5.74, 6) is 1.52. The van der Waals surface area contributed by atoms with Crippen LogP contribution in [0.1, 0.15) is 5.56 Å². The van der Waals surface area contributed by atoms with E-state index in [1.165, 1.54) is 6.33 Å². The predicted molar refractivity (Wildman–Crippen MR) is 131 cm³/mol. The van der Waals surface area contributed by atoms with Crippen LogP contribution in [-0.2, 0) is 6.54 Å². The second-order valence-electron chi connectivity index (χ2n) is 7.81. The second kappa shape index (κ2) is 9.53. The molecule has 0 saturated carbocycles. The highest BCUT2D eigenvalue weighted by Gasteiger charge is 2.23. The lowest BCUT2D eigenvalue weighted by atomic mass is 10.1. The van der Waals surface area contributed by atoms with Gasteiger partial charge in [-0.05, 0) is 51.8 Å². The highest BCUT2D eigenvalue weighted by Crippen LogP contribution is 2.33. The van der Waals surface area contributed by atoms with Crippen molar-refractivity contribution >= 4 is 50.1 Å². The van der Waals surface area contributed by atoms with Crippen molar-refractivity contribution in [3.8, 4) is 11.5 Å². The normalized spacial score (nSPS) is 14.5. The van der Waals surface area contributed by atoms with Crippen LogP contribution in [-0.4, -0.2) is 56.2 Å². The molecule has 0 atom stereocenters. The summed E-state index contributed by atoms with van der Waals surface area (Å²) in [6.45, 7) is 3.72. The summed E-state index contributed by atoms with van der Waals surface area (Å²) in [7, 11) is 0. The number of nitrogens with one attached hydrogen (secondary N) is 1. The molecule has 1 N–H and O–H groups in total. The third-order valence-corrected chi connectivity index (χ3v) is 6.45. The van der Waals surface area contributed by atoms with Gasteiger partial charge in [0.05, 0.1) is 10.3 Å². The molecule has 1 fully saturated rings. The Balaban J connectivity index is 1.27. The first-order valence-electron chi connectivity index (χ1n) is 10.5. The Kier molecular flexibility index (Phi) is 6.31. The Morgan fingerprint density at radius 2 is 1.88 bits per heavy atom. The molecule has 1 saturated heterocycles. The molecule has 2 aromatic heterocycles. The van der Waals surface area contributed by atoms with Gasteiger partial charge in [-0.1, -0.05) is 17.7 Å². The fourth-order valence-electron chi connectivity index (χ4n) is 3.94. The first-order chi connectivity index (χ1) is 16.5. The van der Waals surface area contributed by atoms with E-state index in [-0.39, 0.29) is 11.4 Å². The van der Waals surface area contributed by atoms with Gasteiger partial charge in [0.25, 0.3) is 0 Å². The molecule has 5 rings (SSSR count). The number of benzene rings is 2. The van der Waals surface area contributed by atoms with Crippen LogP contribution in [0.5, 0.6) is 11.5 Å². The quantitative estimate of drug-likeness (QED) is 0.272. The molecule has 0 bridgehead atoms. The van der Waals surface area contributed by atoms with Gasteiger partial charge >= 0.3 is 5.69 Å². The maximum absolute atomic E-state index is 11.7. The average Bonchev–Trinajstić information content (AvgIpc) is 3.23. The zero-order valence-corrected chi connectivity index (χ0v) is 20.2. The fraction of sp³-hybridized carbons (Fsp3) is 0.227. The average molecular weight is 545 g/mol. The van der Waals surface area contributed by atoms with Gasteiger partial charge in [0.2, 0.25) is 5.75 Å². The van der Waals surface area contributed by atoms with Gasteiger partial charge in [-0.25, -0.2) is 9.97 Å². The van der Waals surface area contributed by atoms with Crippen LogP contribution >= 0.6 is 27.5 Å². The van der Waals surface area contributed by atoms with E-state index in [1.54, 1.807) is 36.4 Å². The Labute approximate surface area is 207 Å². The van der Waals surface area contributed by atoms with Crippen molar-refractivity contribution < 1.29 is 9.66 Å². The molecule has 0 amide bonds. The number of hydrogen-bond acceptors (Lipinski definition) is 8. The molecule has 0 radical (unpaired) electrons. The molecule has 2 aromatic carbocycles. The van der Waals surface area contributed by atoms with Crippen LogP contribution in [0.15, 0.2) is 53.4 Å². The van der Waals surface area contributed by atoms with Crippen molar-refractivity contribution in [2.45, 2.75) is 6.54 Å². The summed E-state index contributed by atoms with van der Waals surface area (Å²) < 4.78 is 6.49. The predicted octanol–water partition coefficient (Wildman–Crippen LogP) is 4.79. The van der Waals surface area contributed by atoms with Crippen LogP contribution in [0.25, 0.3) is 11.0 Å². The molecule has 34 heavy (non-hydrogen) atoms. The highest BCUT2D eigenvalue weighted by molar-refractivity contribution is 9.10. The van der Waals surface area contributed by atoms with Crippen LogP contribution in [0.2, 0.25) is 5.02 Å². The van der Waals surface area contributed by atoms with Crippen molar-refractivity contribution in [3.63, 3.8) is 0 Å². The molecule has 174 valence electrons. The maximum atomic E-state index is 11.7. The summed E-state index contributed by atoms with van der Waals surface area (Å²) in [4.78, 5) is 24.4. The third-order valence-electron chi connectivity index (χ3n) is 5.63. The molecule has 0 aliphatic carbocycles. The second-order valence-corrected chi connectivity index (χ2v) is 9.04. The van der Waals surface area contributed by atoms with E-state index in [4.69, 9.17) is 16.3 Å². The van der Waals surface area contributed by atoms with Crippen molar-refractivity contribution in [1.82, 2.24) is 25.1 Å². The molecule has 3 heterocycles. The van der Waals surface area contributed by atoms with Crippen molar-refractivity contribution in [3.05, 3.63) is 74.1 Å². The number of nitro benzene ring substituents is 1. The lowest BCUT2D eigenvalue weighted by Gasteiger charge is -2.35. The number of piperazine rings is 1. The molecule has 1 aliphatic heterocycles. The van der Waals surface area contributed by atoms with E-state index in [0.717, 1.165) is 47.5 Å². The topological polar surface area (TPSA) is 113 Å². The molecule has 0 spiro atoms. The third kappa shape index (κ3) is 4.67. The smallest absolute Gasteiger partial charge is 0.311 e. The SMILES string of the molecule is O=[N+]([O-])c1cc(CN2CCN(c3ncnc4n[nH]c(Br)c34)CC2)ccc1Oc1ccc(Cl)cc1. The maximum Gasteiger partial charge on any atom is 0.311 e. The molecule has 1 aliphatic rings. The Bertz CT molecular complexity index is 1340. The summed E-state index contributed by atoms with van der Waals surface area (Å²) in [6.07, 6.45) is 1.52. The van der Waals surface area contributed by atoms with Gasteiger partial charge in [0, 0.05) is 43.8 Å². The minimum absolute atomic E-state index is 0.0701. The van der Waals surface area contributed by atoms with Crippen LogP contribution in [0.3, 0.4) is 0 Å². The van der Waals surface area contributed by atoms with Crippen LogP contribution in [0, 0.1) is 10.1 Å². The van der Waals surface area contributed by atoms with Crippen molar-refractivity contribution in [2.75, 3.05) is 31.1 Å². The van der Waals surface area contributed by atoms with Gasteiger partial charge < -0.3 is 9.64 Å². The summed E-state index contributed by atoms with van der Waals surface area (Å²) >= 11 is 9.38. The number of H-pyrrole nitrogens is 1. The standard InChI is InChI=1S/C22H19BrClN7O3/c23-20-19-21(28-27-20)25-13-26-22(19)30-9-7-29(8-10-30)12-14-1-6-18(17(11-14)31(32)33)34-16-4-2-15(24)3-5-16/h1-6,11,13H,7-10,12H2,(H,25,26,27,28). The van der Waals surface area contributed by atoms with E-state index in [0.29, 0.717) is 23.0 Å². The van der Waals surface area contributed by atoms with Crippen molar-refractivity contribution in [1.29, 1.82) is 0 Å². The number of fused-ring (bicyclic) bond motifs is 1. The zero-order chi connectivity index (χ0) is 23.7. The lowest BCUT2D eigenvalue weighted by Crippen LogP contribution is -2.46. The number of nitro groups is 1. The molecule has 4 aromatic rings. The molecule has 0 unspecified atom stereocenters. The first-order valence-corrected chi connectivity index (χ1v) is 11.7. The number of aromatic amines is 1. The number of hydrogen-bond donors (Lipinski definition) is 1. The zero-order valence-electron chi connectivity index (χ0n) is 17.8. The van der Waals surface area contributed by atoms with E-state index in [1.807, 2.05) is 6.07 Å². The monoisotopic (exact) mass is 543 g/mol. The Morgan fingerprint density at radius 3 is 2.62 bits per heavy atom. The number of anilines is 1. The number of ether oxygens (including phenoxy) is 1. The van der Waals surface area contributed by atoms with Gasteiger partial charge in [-0.3, -0.25) is 20.1 Å². The number of halogens is 2. The van der Waals surface area contributed by atoms with Crippen molar-refractivity contribution in [2.24, 2.45) is 0 Å². The number of aromatic nitrogens is 4. The van der Waals surface area contributed by atoms with Gasteiger partial charge in [0.15, 0.2) is 5.65 Å². The molecule has 10 nitrogen and oxygen atoms in total. The van der Waals surface area contributed by atoms with Gasteiger partial charge in [-0.15, -0.1) is 0 Å². The van der Waals surface area contributed by atoms with E-state index >= 15 is 0 Å². The van der Waals surface area contributed by atoms with E-state index in [9.17, 15) is 10.1 Å². The Hall–Kier alpha value is -3.28. The van der Waals surface area contributed by atoms with Gasteiger partial charge in [0.1, 0.15) is 22.5 Å². The number of nitrogens with zero attached hydrogens (tertiary/aromatic N) is 6. The Morgan fingerprint density at radius 1 is 1.12 bits per heavy atom. The fourth-order valence-corrected chi connectivity index (χ4v) is 4.51. The van der Waals surface area contributed by atoms with E-state index < -0.39 is 4.92 Å². The highest BCUT2D eigenvalue weighted by atomic mass is 79.9. The molecular formula is C22H19BrClN7O3. The van der Waals surface area contributed by atoms with Crippen LogP contribution in [0.4, 0.5) is 11.5 Å². The van der Waals surface area contributed by atoms with Gasteiger partial charge in [-0.2, -0.15) is 5.10 Å². The molecule has 12 heteroatoms. The summed E-state index contributed by atoms with van der Waals surface area (Å²) in [5.41, 5.74) is 1.40. The van der Waals surface area contributed by atoms with Crippen LogP contribution < -0.4 is 9.64 Å². The minimum Gasteiger partial charge on any atom is -0.450 e. The van der Waals surface area contributed by atoms with E-state index in [2.05, 4.69) is 45.9 Å². The lowest BCUT2D eigenvalue weighted by molar-refractivity contribution is -0.385. The summed E-state index contributed by atoms with van der Waals surface area (Å²) in [6, 6.07) is 11.8. The summed E-state index contributed by atoms with van der Waals surface area (Å²) in [5, 5.41) is 20.2. The first kappa shape index (κ1) is 22.5.